The van der Waals surface area contributed by atoms with Gasteiger partial charge in [0, 0.05) is 19.2 Å². The molecular weight excluding hydrogens is 314 g/mol. The molecule has 0 atom stereocenters. The molecule has 0 saturated heterocycles. The first-order valence-corrected chi connectivity index (χ1v) is 7.15. The number of nitrogens with zero attached hydrogens (tertiary/aromatic N) is 2. The molecule has 0 saturated carbocycles. The molecule has 2 rings (SSSR count). The van der Waals surface area contributed by atoms with E-state index in [1.54, 1.807) is 31.2 Å². The third kappa shape index (κ3) is 4.03. The van der Waals surface area contributed by atoms with Crippen molar-refractivity contribution in [3.63, 3.8) is 0 Å². The lowest BCUT2D eigenvalue weighted by Gasteiger charge is -2.18. The van der Waals surface area contributed by atoms with Crippen LogP contribution in [0, 0.1) is 6.92 Å². The summed E-state index contributed by atoms with van der Waals surface area (Å²) >= 11 is 0. The molecule has 1 heterocycles. The Labute approximate surface area is 139 Å². The molecule has 128 valence electrons. The minimum atomic E-state index is -0.383. The van der Waals surface area contributed by atoms with Crippen LogP contribution in [0.4, 0.5) is 5.82 Å². The molecule has 1 N–H and O–H groups in total. The number of aromatic nitrogens is 1. The van der Waals surface area contributed by atoms with E-state index in [0.29, 0.717) is 28.6 Å². The highest BCUT2D eigenvalue weighted by Crippen LogP contribution is 2.25. The maximum Gasteiger partial charge on any atom is 0.257 e. The van der Waals surface area contributed by atoms with E-state index < -0.39 is 0 Å². The van der Waals surface area contributed by atoms with Gasteiger partial charge in [-0.3, -0.25) is 9.59 Å². The fourth-order valence-electron chi connectivity index (χ4n) is 2.08. The van der Waals surface area contributed by atoms with E-state index >= 15 is 0 Å². The van der Waals surface area contributed by atoms with E-state index in [1.165, 1.54) is 26.2 Å². The molecule has 24 heavy (non-hydrogen) atoms. The molecule has 0 aliphatic carbocycles. The molecule has 2 amide bonds. The van der Waals surface area contributed by atoms with Gasteiger partial charge >= 0.3 is 0 Å². The summed E-state index contributed by atoms with van der Waals surface area (Å²) in [5.41, 5.74) is 0.339. The Morgan fingerprint density at radius 3 is 2.58 bits per heavy atom. The lowest BCUT2D eigenvalue weighted by molar-refractivity contribution is -0.116. The Balaban J connectivity index is 2.05. The maximum atomic E-state index is 12.5. The van der Waals surface area contributed by atoms with Gasteiger partial charge in [0.1, 0.15) is 17.3 Å². The maximum absolute atomic E-state index is 12.5. The molecule has 0 radical (unpaired) electrons. The first kappa shape index (κ1) is 17.3. The third-order valence-electron chi connectivity index (χ3n) is 3.26. The number of anilines is 1. The highest BCUT2D eigenvalue weighted by atomic mass is 16.5. The first-order chi connectivity index (χ1) is 11.4. The molecule has 1 aromatic heterocycles. The second-order valence-electron chi connectivity index (χ2n) is 5.10. The Bertz CT molecular complexity index is 741. The molecule has 0 bridgehead atoms. The number of nitrogens with one attached hydrogen (secondary N) is 1. The average molecular weight is 333 g/mol. The van der Waals surface area contributed by atoms with Crippen LogP contribution in [0.15, 0.2) is 28.8 Å². The average Bonchev–Trinajstić information content (AvgIpc) is 2.97. The number of carbonyl (C=O) groups excluding carboxylic acids is 2. The molecule has 0 aliphatic heterocycles. The van der Waals surface area contributed by atoms with E-state index in [0.717, 1.165) is 0 Å². The van der Waals surface area contributed by atoms with Gasteiger partial charge in [-0.15, -0.1) is 0 Å². The zero-order valence-corrected chi connectivity index (χ0v) is 14.0. The Kier molecular flexibility index (Phi) is 5.41. The zero-order valence-electron chi connectivity index (χ0n) is 14.0. The van der Waals surface area contributed by atoms with E-state index in [2.05, 4.69) is 10.5 Å². The molecular formula is C16H19N3O5. The van der Waals surface area contributed by atoms with Crippen LogP contribution in [-0.2, 0) is 4.79 Å². The molecule has 2 aromatic rings. The summed E-state index contributed by atoms with van der Waals surface area (Å²) in [4.78, 5) is 25.8. The van der Waals surface area contributed by atoms with Gasteiger partial charge in [-0.2, -0.15) is 0 Å². The number of methoxy groups -OCH3 is 2. The summed E-state index contributed by atoms with van der Waals surface area (Å²) in [6.07, 6.45) is 0. The number of rotatable bonds is 6. The fraction of sp³-hybridized carbons (Fsp3) is 0.312. The van der Waals surface area contributed by atoms with Crippen molar-refractivity contribution in [1.82, 2.24) is 10.1 Å². The van der Waals surface area contributed by atoms with Crippen LogP contribution < -0.4 is 14.8 Å². The summed E-state index contributed by atoms with van der Waals surface area (Å²) < 4.78 is 15.2. The van der Waals surface area contributed by atoms with Gasteiger partial charge in [0.2, 0.25) is 5.91 Å². The van der Waals surface area contributed by atoms with Gasteiger partial charge in [0.25, 0.3) is 5.91 Å². The summed E-state index contributed by atoms with van der Waals surface area (Å²) in [7, 11) is 4.52. The smallest absolute Gasteiger partial charge is 0.257 e. The summed E-state index contributed by atoms with van der Waals surface area (Å²) in [6.45, 7) is 1.58. The zero-order chi connectivity index (χ0) is 17.7. The van der Waals surface area contributed by atoms with Gasteiger partial charge in [0.05, 0.1) is 26.3 Å². The van der Waals surface area contributed by atoms with Crippen molar-refractivity contribution < 1.29 is 23.6 Å². The van der Waals surface area contributed by atoms with Crippen molar-refractivity contribution in [2.24, 2.45) is 0 Å². The number of carbonyl (C=O) groups is 2. The van der Waals surface area contributed by atoms with Crippen LogP contribution in [0.25, 0.3) is 0 Å². The van der Waals surface area contributed by atoms with E-state index in [-0.39, 0.29) is 18.4 Å². The Hall–Kier alpha value is -3.03. The summed E-state index contributed by atoms with van der Waals surface area (Å²) in [5.74, 6) is 1.11. The monoisotopic (exact) mass is 333 g/mol. The molecule has 0 aliphatic rings. The molecule has 0 fully saturated rings. The van der Waals surface area contributed by atoms with Crippen molar-refractivity contribution >= 4 is 17.6 Å². The van der Waals surface area contributed by atoms with Crippen LogP contribution in [0.3, 0.4) is 0 Å². The number of amides is 2. The van der Waals surface area contributed by atoms with Crippen LogP contribution in [0.2, 0.25) is 0 Å². The van der Waals surface area contributed by atoms with Crippen molar-refractivity contribution in [3.05, 3.63) is 35.6 Å². The standard InChI is InChI=1S/C16H19N3O5/c1-10-7-14(18-24-10)17-15(20)9-19(2)16(21)12-6-5-11(22-3)8-13(12)23-4/h5-8H,9H2,1-4H3,(H,17,18,20). The topological polar surface area (TPSA) is 93.9 Å². The van der Waals surface area contributed by atoms with Gasteiger partial charge in [-0.25, -0.2) is 0 Å². The third-order valence-corrected chi connectivity index (χ3v) is 3.26. The van der Waals surface area contributed by atoms with Gasteiger partial charge < -0.3 is 24.2 Å². The summed E-state index contributed by atoms with van der Waals surface area (Å²) in [5, 5.41) is 6.23. The van der Waals surface area contributed by atoms with Gasteiger partial charge in [-0.05, 0) is 19.1 Å². The van der Waals surface area contributed by atoms with Crippen molar-refractivity contribution in [1.29, 1.82) is 0 Å². The van der Waals surface area contributed by atoms with Crippen molar-refractivity contribution in [2.45, 2.75) is 6.92 Å². The van der Waals surface area contributed by atoms with E-state index in [4.69, 9.17) is 14.0 Å². The van der Waals surface area contributed by atoms with Crippen molar-refractivity contribution in [3.8, 4) is 11.5 Å². The van der Waals surface area contributed by atoms with Crippen LogP contribution in [0.5, 0.6) is 11.5 Å². The summed E-state index contributed by atoms with van der Waals surface area (Å²) in [6, 6.07) is 6.45. The molecule has 8 nitrogen and oxygen atoms in total. The number of hydrogen-bond donors (Lipinski definition) is 1. The first-order valence-electron chi connectivity index (χ1n) is 7.15. The lowest BCUT2D eigenvalue weighted by Crippen LogP contribution is -2.35. The van der Waals surface area contributed by atoms with Crippen LogP contribution >= 0.6 is 0 Å². The highest BCUT2D eigenvalue weighted by Gasteiger charge is 2.19. The fourth-order valence-corrected chi connectivity index (χ4v) is 2.08. The number of aryl methyl sites for hydroxylation is 1. The van der Waals surface area contributed by atoms with Crippen LogP contribution in [-0.4, -0.2) is 49.7 Å². The Morgan fingerprint density at radius 2 is 2.00 bits per heavy atom. The number of ether oxygens (including phenoxy) is 2. The lowest BCUT2D eigenvalue weighted by atomic mass is 10.1. The predicted octanol–water partition coefficient (Wildman–Crippen LogP) is 1.71. The van der Waals surface area contributed by atoms with Gasteiger partial charge in [0.15, 0.2) is 5.82 Å². The number of hydrogen-bond acceptors (Lipinski definition) is 6. The molecule has 0 spiro atoms. The molecule has 8 heteroatoms. The SMILES string of the molecule is COc1ccc(C(=O)N(C)CC(=O)Nc2cc(C)on2)c(OC)c1. The molecule has 0 unspecified atom stereocenters. The minimum absolute atomic E-state index is 0.139. The quantitative estimate of drug-likeness (QED) is 0.865. The Morgan fingerprint density at radius 1 is 1.25 bits per heavy atom. The minimum Gasteiger partial charge on any atom is -0.497 e. The normalized spacial score (nSPS) is 10.2. The largest absolute Gasteiger partial charge is 0.497 e. The highest BCUT2D eigenvalue weighted by molar-refractivity contribution is 6.00. The van der Waals surface area contributed by atoms with E-state index in [9.17, 15) is 9.59 Å². The van der Waals surface area contributed by atoms with Crippen molar-refractivity contribution in [2.75, 3.05) is 33.1 Å². The van der Waals surface area contributed by atoms with Gasteiger partial charge in [-0.1, -0.05) is 5.16 Å². The number of likely N-dealkylation sites (N-methyl/N-ethyl adjacent to an activating group) is 1. The predicted molar refractivity (Wildman–Crippen MR) is 86.4 cm³/mol. The van der Waals surface area contributed by atoms with E-state index in [1.807, 2.05) is 0 Å². The number of benzene rings is 1. The second-order valence-corrected chi connectivity index (χ2v) is 5.10. The molecule has 1 aromatic carbocycles. The second kappa shape index (κ2) is 7.49. The van der Waals surface area contributed by atoms with Crippen LogP contribution in [0.1, 0.15) is 16.1 Å².